The number of nitrogens with one attached hydrogen (secondary N) is 1. The van der Waals surface area contributed by atoms with Gasteiger partial charge >= 0.3 is 12.1 Å². The van der Waals surface area contributed by atoms with Crippen LogP contribution in [0.5, 0.6) is 0 Å². The maximum atomic E-state index is 13.1. The van der Waals surface area contributed by atoms with E-state index in [4.69, 9.17) is 16.3 Å². The van der Waals surface area contributed by atoms with E-state index < -0.39 is 59.9 Å². The van der Waals surface area contributed by atoms with Gasteiger partial charge in [0.1, 0.15) is 6.04 Å². The molecular formula is C26H22ClF3N2O5. The fraction of sp³-hybridized carbons (Fsp3) is 0.308. The summed E-state index contributed by atoms with van der Waals surface area (Å²) in [6.07, 6.45) is -0.251. The van der Waals surface area contributed by atoms with Gasteiger partial charge in [-0.25, -0.2) is 4.79 Å². The SMILES string of the molecule is O=C(COC(=O)[C@H](Cc1ccccc1)N1C(=O)[C@H]2CC=CC[C@@H]2C1=O)Nc1cc(C(F)(F)F)ccc1Cl. The molecule has 0 radical (unpaired) electrons. The topological polar surface area (TPSA) is 92.8 Å². The molecule has 0 spiro atoms. The number of benzene rings is 2. The minimum atomic E-state index is -4.65. The van der Waals surface area contributed by atoms with Gasteiger partial charge in [0.05, 0.1) is 28.1 Å². The number of nitrogens with zero attached hydrogens (tertiary/aromatic N) is 1. The lowest BCUT2D eigenvalue weighted by Crippen LogP contribution is -2.48. The lowest BCUT2D eigenvalue weighted by atomic mass is 9.85. The Bertz CT molecular complexity index is 1220. The molecule has 0 unspecified atom stereocenters. The van der Waals surface area contributed by atoms with Gasteiger partial charge in [-0.05, 0) is 36.6 Å². The van der Waals surface area contributed by atoms with E-state index >= 15 is 0 Å². The van der Waals surface area contributed by atoms with Crippen LogP contribution in [0.3, 0.4) is 0 Å². The first-order valence-electron chi connectivity index (χ1n) is 11.5. The zero-order chi connectivity index (χ0) is 26.7. The molecule has 0 saturated carbocycles. The smallest absolute Gasteiger partial charge is 0.416 e. The summed E-state index contributed by atoms with van der Waals surface area (Å²) in [5, 5.41) is 2.05. The van der Waals surface area contributed by atoms with E-state index in [2.05, 4.69) is 5.32 Å². The number of halogens is 4. The van der Waals surface area contributed by atoms with Crippen molar-refractivity contribution in [3.63, 3.8) is 0 Å². The van der Waals surface area contributed by atoms with Crippen LogP contribution in [0.4, 0.5) is 18.9 Å². The molecule has 1 aliphatic carbocycles. The third-order valence-electron chi connectivity index (χ3n) is 6.31. The summed E-state index contributed by atoms with van der Waals surface area (Å²) >= 11 is 5.90. The maximum absolute atomic E-state index is 13.1. The Balaban J connectivity index is 1.48. The number of imide groups is 1. The number of likely N-dealkylation sites (tertiary alicyclic amines) is 1. The quantitative estimate of drug-likeness (QED) is 0.323. The van der Waals surface area contributed by atoms with Gasteiger partial charge < -0.3 is 10.1 Å². The van der Waals surface area contributed by atoms with Gasteiger partial charge in [0.15, 0.2) is 6.61 Å². The summed E-state index contributed by atoms with van der Waals surface area (Å²) in [6, 6.07) is 9.81. The molecule has 2 aromatic carbocycles. The number of carbonyl (C=O) groups excluding carboxylic acids is 4. The number of hydrogen-bond donors (Lipinski definition) is 1. The first-order valence-corrected chi connectivity index (χ1v) is 11.8. The number of fused-ring (bicyclic) bond motifs is 1. The summed E-state index contributed by atoms with van der Waals surface area (Å²) in [6.45, 7) is -0.860. The Morgan fingerprint density at radius 1 is 1.03 bits per heavy atom. The maximum Gasteiger partial charge on any atom is 0.416 e. The Morgan fingerprint density at radius 3 is 2.24 bits per heavy atom. The molecule has 1 aliphatic heterocycles. The fourth-order valence-corrected chi connectivity index (χ4v) is 4.63. The highest BCUT2D eigenvalue weighted by molar-refractivity contribution is 6.33. The van der Waals surface area contributed by atoms with Crippen molar-refractivity contribution in [2.75, 3.05) is 11.9 Å². The number of carbonyl (C=O) groups is 4. The van der Waals surface area contributed by atoms with E-state index in [1.807, 2.05) is 12.2 Å². The van der Waals surface area contributed by atoms with Crippen LogP contribution in [0.25, 0.3) is 0 Å². The second-order valence-corrected chi connectivity index (χ2v) is 9.16. The monoisotopic (exact) mass is 534 g/mol. The molecular weight excluding hydrogens is 513 g/mol. The lowest BCUT2D eigenvalue weighted by molar-refractivity contribution is -0.160. The van der Waals surface area contributed by atoms with Crippen LogP contribution in [0, 0.1) is 11.8 Å². The Kier molecular flexibility index (Phi) is 7.68. The van der Waals surface area contributed by atoms with Crippen molar-refractivity contribution >= 4 is 41.0 Å². The number of allylic oxidation sites excluding steroid dienone is 2. The van der Waals surface area contributed by atoms with E-state index in [9.17, 15) is 32.3 Å². The minimum Gasteiger partial charge on any atom is -0.454 e. The first-order chi connectivity index (χ1) is 17.6. The number of hydrogen-bond acceptors (Lipinski definition) is 5. The molecule has 194 valence electrons. The molecule has 0 aromatic heterocycles. The van der Waals surface area contributed by atoms with Gasteiger partial charge in [-0.3, -0.25) is 19.3 Å². The second kappa shape index (κ2) is 10.8. The van der Waals surface area contributed by atoms with Gasteiger partial charge in [-0.1, -0.05) is 54.1 Å². The third-order valence-corrected chi connectivity index (χ3v) is 6.64. The molecule has 0 bridgehead atoms. The van der Waals surface area contributed by atoms with Crippen LogP contribution < -0.4 is 5.32 Å². The Hall–Kier alpha value is -3.66. The van der Waals surface area contributed by atoms with Crippen molar-refractivity contribution in [2.24, 2.45) is 11.8 Å². The fourth-order valence-electron chi connectivity index (χ4n) is 4.47. The molecule has 7 nitrogen and oxygen atoms in total. The van der Waals surface area contributed by atoms with Gasteiger partial charge in [-0.2, -0.15) is 13.2 Å². The average molecular weight is 535 g/mol. The zero-order valence-electron chi connectivity index (χ0n) is 19.3. The van der Waals surface area contributed by atoms with Crippen molar-refractivity contribution in [1.29, 1.82) is 0 Å². The Morgan fingerprint density at radius 2 is 1.65 bits per heavy atom. The highest BCUT2D eigenvalue weighted by Gasteiger charge is 2.51. The van der Waals surface area contributed by atoms with Gasteiger partial charge in [0, 0.05) is 6.42 Å². The molecule has 3 atom stereocenters. The lowest BCUT2D eigenvalue weighted by Gasteiger charge is -2.25. The van der Waals surface area contributed by atoms with Crippen LogP contribution in [-0.2, 0) is 36.5 Å². The van der Waals surface area contributed by atoms with Crippen LogP contribution in [0.2, 0.25) is 5.02 Å². The van der Waals surface area contributed by atoms with E-state index in [0.717, 1.165) is 17.0 Å². The summed E-state index contributed by atoms with van der Waals surface area (Å²) in [4.78, 5) is 52.6. The van der Waals surface area contributed by atoms with Crippen molar-refractivity contribution in [2.45, 2.75) is 31.5 Å². The van der Waals surface area contributed by atoms with Crippen molar-refractivity contribution in [1.82, 2.24) is 4.90 Å². The zero-order valence-corrected chi connectivity index (χ0v) is 20.1. The van der Waals surface area contributed by atoms with E-state index in [1.165, 1.54) is 0 Å². The Labute approximate surface area is 215 Å². The molecule has 2 aliphatic rings. The van der Waals surface area contributed by atoms with Crippen molar-refractivity contribution in [3.05, 3.63) is 76.8 Å². The number of alkyl halides is 3. The summed E-state index contributed by atoms with van der Waals surface area (Å²) in [7, 11) is 0. The highest BCUT2D eigenvalue weighted by Crippen LogP contribution is 2.37. The molecule has 3 amide bonds. The standard InChI is InChI=1S/C26H22ClF3N2O5/c27-19-11-10-16(26(28,29)30)13-20(19)31-22(33)14-37-25(36)21(12-15-6-2-1-3-7-15)32-23(34)17-8-4-5-9-18(17)24(32)35/h1-7,10-11,13,17-18,21H,8-9,12,14H2,(H,31,33)/t17-,18-,21-/m0/s1. The summed E-state index contributed by atoms with van der Waals surface area (Å²) < 4.78 is 44.1. The number of amides is 3. The average Bonchev–Trinajstić information content (AvgIpc) is 3.12. The predicted octanol–water partition coefficient (Wildman–Crippen LogP) is 4.40. The molecule has 1 heterocycles. The summed E-state index contributed by atoms with van der Waals surface area (Å²) in [5.41, 5.74) is -0.660. The second-order valence-electron chi connectivity index (χ2n) is 8.76. The van der Waals surface area contributed by atoms with E-state index in [-0.39, 0.29) is 17.1 Å². The minimum absolute atomic E-state index is 0.0227. The van der Waals surface area contributed by atoms with Crippen LogP contribution in [0.1, 0.15) is 24.0 Å². The molecule has 4 rings (SSSR count). The molecule has 1 saturated heterocycles. The molecule has 11 heteroatoms. The largest absolute Gasteiger partial charge is 0.454 e. The number of rotatable bonds is 7. The number of anilines is 1. The van der Waals surface area contributed by atoms with E-state index in [1.54, 1.807) is 30.3 Å². The van der Waals surface area contributed by atoms with Crippen molar-refractivity contribution in [3.8, 4) is 0 Å². The van der Waals surface area contributed by atoms with Crippen LogP contribution >= 0.6 is 11.6 Å². The van der Waals surface area contributed by atoms with Gasteiger partial charge in [-0.15, -0.1) is 0 Å². The molecule has 1 fully saturated rings. The first kappa shape index (κ1) is 26.4. The molecule has 1 N–H and O–H groups in total. The summed E-state index contributed by atoms with van der Waals surface area (Å²) in [5.74, 6) is -3.99. The normalized spacial score (nSPS) is 19.9. The molecule has 37 heavy (non-hydrogen) atoms. The number of ether oxygens (including phenoxy) is 1. The predicted molar refractivity (Wildman–Crippen MR) is 127 cm³/mol. The third kappa shape index (κ3) is 5.85. The number of esters is 1. The van der Waals surface area contributed by atoms with Crippen LogP contribution in [0.15, 0.2) is 60.7 Å². The highest BCUT2D eigenvalue weighted by atomic mass is 35.5. The van der Waals surface area contributed by atoms with Gasteiger partial charge in [0.2, 0.25) is 11.8 Å². The molecule has 2 aromatic rings. The van der Waals surface area contributed by atoms with Crippen LogP contribution in [-0.4, -0.2) is 41.2 Å². The van der Waals surface area contributed by atoms with Gasteiger partial charge in [0.25, 0.3) is 5.91 Å². The van der Waals surface area contributed by atoms with Crippen molar-refractivity contribution < 1.29 is 37.1 Å². The van der Waals surface area contributed by atoms with E-state index in [0.29, 0.717) is 24.5 Å².